The molecule has 25 heavy (non-hydrogen) atoms. The predicted molar refractivity (Wildman–Crippen MR) is 112 cm³/mol. The van der Waals surface area contributed by atoms with Gasteiger partial charge in [-0.15, -0.1) is 0 Å². The van der Waals surface area contributed by atoms with Gasteiger partial charge in [0, 0.05) is 5.04 Å². The molecule has 0 amide bonds. The van der Waals surface area contributed by atoms with Crippen LogP contribution in [0.15, 0.2) is 65.3 Å². The van der Waals surface area contributed by atoms with Crippen molar-refractivity contribution in [3.8, 4) is 0 Å². The van der Waals surface area contributed by atoms with E-state index in [0.717, 1.165) is 0 Å². The largest absolute Gasteiger partial charge is 0.129 e. The van der Waals surface area contributed by atoms with E-state index in [4.69, 9.17) is 0 Å². The van der Waals surface area contributed by atoms with E-state index < -0.39 is 8.07 Å². The number of hydrogen-bond acceptors (Lipinski definition) is 0. The van der Waals surface area contributed by atoms with Crippen LogP contribution in [0.4, 0.5) is 0 Å². The Morgan fingerprint density at radius 2 is 1.36 bits per heavy atom. The Morgan fingerprint density at radius 1 is 0.800 bits per heavy atom. The highest BCUT2D eigenvalue weighted by Gasteiger charge is 2.52. The van der Waals surface area contributed by atoms with Gasteiger partial charge >= 0.3 is 0 Å². The van der Waals surface area contributed by atoms with Crippen LogP contribution in [0.3, 0.4) is 0 Å². The third-order valence-corrected chi connectivity index (χ3v) is 12.4. The summed E-state index contributed by atoms with van der Waals surface area (Å²) in [6, 6.07) is 17.9. The van der Waals surface area contributed by atoms with Crippen molar-refractivity contribution in [2.45, 2.75) is 53.1 Å². The lowest BCUT2D eigenvalue weighted by molar-refractivity contribution is 0.841. The zero-order chi connectivity index (χ0) is 18.4. The van der Waals surface area contributed by atoms with Gasteiger partial charge in [0.25, 0.3) is 0 Å². The Kier molecular flexibility index (Phi) is 4.41. The molecular formula is C24H29Si. The second-order valence-corrected chi connectivity index (χ2v) is 12.2. The van der Waals surface area contributed by atoms with Crippen LogP contribution in [-0.4, -0.2) is 8.07 Å². The smallest absolute Gasteiger partial charge is 0.0625 e. The second kappa shape index (κ2) is 6.14. The van der Waals surface area contributed by atoms with Gasteiger partial charge in [0.05, 0.1) is 0 Å². The van der Waals surface area contributed by atoms with Gasteiger partial charge in [0.1, 0.15) is 8.07 Å². The fraction of sp³-hybridized carbons (Fsp3) is 0.333. The summed E-state index contributed by atoms with van der Waals surface area (Å²) in [5.41, 5.74) is 7.06. The molecule has 0 aromatic heterocycles. The highest BCUT2D eigenvalue weighted by atomic mass is 28.3. The highest BCUT2D eigenvalue weighted by molar-refractivity contribution is 7.04. The molecule has 129 valence electrons. The first-order chi connectivity index (χ1) is 11.7. The van der Waals surface area contributed by atoms with E-state index in [1.807, 2.05) is 0 Å². The van der Waals surface area contributed by atoms with E-state index in [2.05, 4.69) is 103 Å². The molecule has 0 saturated carbocycles. The van der Waals surface area contributed by atoms with Gasteiger partial charge < -0.3 is 0 Å². The summed E-state index contributed by atoms with van der Waals surface area (Å²) in [7, 11) is -2.12. The lowest BCUT2D eigenvalue weighted by atomic mass is 10.0. The van der Waals surface area contributed by atoms with E-state index in [9.17, 15) is 0 Å². The molecule has 0 nitrogen and oxygen atoms in total. The summed E-state index contributed by atoms with van der Waals surface area (Å²) in [6.45, 7) is 16.3. The molecule has 1 radical (unpaired) electrons. The van der Waals surface area contributed by atoms with Crippen LogP contribution in [0.2, 0.25) is 11.6 Å². The normalized spacial score (nSPS) is 22.8. The lowest BCUT2D eigenvalue weighted by Crippen LogP contribution is -2.64. The SMILES string of the molecule is CC1=[C]C(C)([Si](C)(c2ccccc2)c2c(C)cccc2C)C(C)=C1C. The van der Waals surface area contributed by atoms with Crippen molar-refractivity contribution < 1.29 is 0 Å². The van der Waals surface area contributed by atoms with Crippen LogP contribution in [0.1, 0.15) is 38.8 Å². The van der Waals surface area contributed by atoms with E-state index >= 15 is 0 Å². The number of rotatable bonds is 3. The van der Waals surface area contributed by atoms with E-state index in [1.54, 1.807) is 5.19 Å². The minimum atomic E-state index is -2.12. The monoisotopic (exact) mass is 345 g/mol. The maximum Gasteiger partial charge on any atom is 0.129 e. The fourth-order valence-corrected chi connectivity index (χ4v) is 10.1. The zero-order valence-corrected chi connectivity index (χ0v) is 17.6. The minimum Gasteiger partial charge on any atom is -0.0625 e. The average molecular weight is 346 g/mol. The molecule has 0 fully saturated rings. The summed E-state index contributed by atoms with van der Waals surface area (Å²) in [4.78, 5) is 0. The Balaban J connectivity index is 2.41. The molecule has 2 unspecified atom stereocenters. The molecule has 0 aliphatic heterocycles. The van der Waals surface area contributed by atoms with Crippen LogP contribution in [0.25, 0.3) is 0 Å². The van der Waals surface area contributed by atoms with E-state index in [-0.39, 0.29) is 5.04 Å². The summed E-state index contributed by atoms with van der Waals surface area (Å²) in [5.74, 6) is 0. The summed E-state index contributed by atoms with van der Waals surface area (Å²) >= 11 is 0. The third-order valence-electron chi connectivity index (χ3n) is 6.64. The Morgan fingerprint density at radius 3 is 1.84 bits per heavy atom. The van der Waals surface area contributed by atoms with Gasteiger partial charge in [0.15, 0.2) is 0 Å². The van der Waals surface area contributed by atoms with Crippen molar-refractivity contribution in [3.63, 3.8) is 0 Å². The maximum absolute atomic E-state index is 3.93. The molecule has 0 spiro atoms. The lowest BCUT2D eigenvalue weighted by Gasteiger charge is -2.45. The van der Waals surface area contributed by atoms with Crippen molar-refractivity contribution in [2.75, 3.05) is 0 Å². The van der Waals surface area contributed by atoms with Crippen LogP contribution < -0.4 is 10.4 Å². The number of allylic oxidation sites excluding steroid dienone is 4. The zero-order valence-electron chi connectivity index (χ0n) is 16.6. The molecule has 1 heteroatoms. The molecule has 2 aromatic carbocycles. The predicted octanol–water partition coefficient (Wildman–Crippen LogP) is 5.36. The molecule has 2 atom stereocenters. The van der Waals surface area contributed by atoms with E-state index in [0.29, 0.717) is 0 Å². The third kappa shape index (κ3) is 2.48. The molecule has 1 aliphatic rings. The summed E-state index contributed by atoms with van der Waals surface area (Å²) < 4.78 is 0. The number of benzene rings is 2. The van der Waals surface area contributed by atoms with Gasteiger partial charge in [-0.25, -0.2) is 0 Å². The van der Waals surface area contributed by atoms with Crippen molar-refractivity contribution in [2.24, 2.45) is 0 Å². The van der Waals surface area contributed by atoms with Crippen molar-refractivity contribution >= 4 is 18.4 Å². The summed E-state index contributed by atoms with van der Waals surface area (Å²) in [5, 5.41) is 3.03. The topological polar surface area (TPSA) is 0 Å². The number of aryl methyl sites for hydroxylation is 2. The number of hydrogen-bond donors (Lipinski definition) is 0. The molecule has 0 N–H and O–H groups in total. The van der Waals surface area contributed by atoms with Crippen molar-refractivity contribution in [3.05, 3.63) is 82.5 Å². The first kappa shape index (κ1) is 17.9. The van der Waals surface area contributed by atoms with Crippen LogP contribution in [0, 0.1) is 19.9 Å². The minimum absolute atomic E-state index is 0.0284. The van der Waals surface area contributed by atoms with E-state index in [1.165, 1.54) is 33.0 Å². The first-order valence-electron chi connectivity index (χ1n) is 9.15. The molecule has 0 bridgehead atoms. The summed E-state index contributed by atoms with van der Waals surface area (Å²) in [6.07, 6.45) is 3.93. The molecule has 0 saturated heterocycles. The Labute approximate surface area is 154 Å². The second-order valence-electron chi connectivity index (χ2n) is 7.88. The van der Waals surface area contributed by atoms with Gasteiger partial charge in [-0.2, -0.15) is 0 Å². The average Bonchev–Trinajstić information content (AvgIpc) is 2.79. The molecule has 0 heterocycles. The van der Waals surface area contributed by atoms with Gasteiger partial charge in [-0.1, -0.05) is 83.9 Å². The maximum atomic E-state index is 3.93. The van der Waals surface area contributed by atoms with Crippen LogP contribution >= 0.6 is 0 Å². The molecule has 1 aliphatic carbocycles. The standard InChI is InChI=1S/C24H29Si/c1-17-12-11-13-18(2)23(17)25(7,22-14-9-8-10-15-22)24(6)16-19(3)20(4)21(24)5/h8-15H,1-7H3. The molecule has 3 rings (SSSR count). The highest BCUT2D eigenvalue weighted by Crippen LogP contribution is 2.52. The Hall–Kier alpha value is -1.86. The molecule has 2 aromatic rings. The quantitative estimate of drug-likeness (QED) is 0.657. The first-order valence-corrected chi connectivity index (χ1v) is 11.7. The Bertz CT molecular complexity index is 852. The molecular weight excluding hydrogens is 316 g/mol. The van der Waals surface area contributed by atoms with Crippen LogP contribution in [0.5, 0.6) is 0 Å². The van der Waals surface area contributed by atoms with Gasteiger partial charge in [0.2, 0.25) is 0 Å². The van der Waals surface area contributed by atoms with Gasteiger partial charge in [-0.3, -0.25) is 0 Å². The van der Waals surface area contributed by atoms with Crippen molar-refractivity contribution in [1.29, 1.82) is 0 Å². The fourth-order valence-electron chi connectivity index (χ4n) is 4.78. The van der Waals surface area contributed by atoms with Gasteiger partial charge in [-0.05, 0) is 57.0 Å². The van der Waals surface area contributed by atoms with Crippen LogP contribution in [-0.2, 0) is 0 Å². The van der Waals surface area contributed by atoms with Crippen molar-refractivity contribution in [1.82, 2.24) is 0 Å².